The van der Waals surface area contributed by atoms with Gasteiger partial charge in [-0.2, -0.15) is 0 Å². The predicted molar refractivity (Wildman–Crippen MR) is 66.0 cm³/mol. The third-order valence-corrected chi connectivity index (χ3v) is 4.34. The number of hydrogen-bond acceptors (Lipinski definition) is 1. The fourth-order valence-corrected chi connectivity index (χ4v) is 3.50. The Morgan fingerprint density at radius 2 is 1.20 bits per heavy atom. The molecule has 2 rings (SSSR count). The Bertz CT molecular complexity index is 170. The topological polar surface area (TPSA) is 12.0 Å². The normalized spacial score (nSPS) is 42.8. The summed E-state index contributed by atoms with van der Waals surface area (Å²) in [5.74, 6) is 1.91. The van der Waals surface area contributed by atoms with Gasteiger partial charge in [-0.05, 0) is 37.5 Å². The highest BCUT2D eigenvalue weighted by Crippen LogP contribution is 2.27. The van der Waals surface area contributed by atoms with Crippen molar-refractivity contribution in [2.24, 2.45) is 11.8 Å². The molecule has 0 aromatic carbocycles. The lowest BCUT2D eigenvalue weighted by atomic mass is 9.83. The largest absolute Gasteiger partial charge is 0.311 e. The standard InChI is InChI=1S/C14H27N/c1-11-5-3-7-13(9-11)15-14-8-4-6-12(2)10-14/h11-15H,3-10H2,1-2H3/t11-,12+,13-,14-/m1/s1. The van der Waals surface area contributed by atoms with Crippen LogP contribution in [0.4, 0.5) is 0 Å². The number of rotatable bonds is 2. The van der Waals surface area contributed by atoms with Crippen LogP contribution in [-0.4, -0.2) is 12.1 Å². The fourth-order valence-electron chi connectivity index (χ4n) is 3.50. The van der Waals surface area contributed by atoms with E-state index >= 15 is 0 Å². The van der Waals surface area contributed by atoms with Crippen LogP contribution in [0.25, 0.3) is 0 Å². The van der Waals surface area contributed by atoms with Crippen LogP contribution >= 0.6 is 0 Å². The van der Waals surface area contributed by atoms with E-state index in [0.717, 1.165) is 23.9 Å². The van der Waals surface area contributed by atoms with E-state index in [0.29, 0.717) is 0 Å². The third-order valence-electron chi connectivity index (χ3n) is 4.34. The third kappa shape index (κ3) is 3.48. The first kappa shape index (κ1) is 11.4. The molecule has 0 aromatic heterocycles. The summed E-state index contributed by atoms with van der Waals surface area (Å²) in [4.78, 5) is 0. The molecule has 0 heterocycles. The van der Waals surface area contributed by atoms with E-state index in [-0.39, 0.29) is 0 Å². The molecule has 4 atom stereocenters. The van der Waals surface area contributed by atoms with Gasteiger partial charge in [0, 0.05) is 12.1 Å². The molecule has 0 unspecified atom stereocenters. The maximum Gasteiger partial charge on any atom is 0.00721 e. The summed E-state index contributed by atoms with van der Waals surface area (Å²) in [6.07, 6.45) is 11.5. The van der Waals surface area contributed by atoms with Crippen molar-refractivity contribution in [3.8, 4) is 0 Å². The second kappa shape index (κ2) is 5.34. The summed E-state index contributed by atoms with van der Waals surface area (Å²) in [5.41, 5.74) is 0. The molecule has 0 aliphatic heterocycles. The van der Waals surface area contributed by atoms with E-state index in [9.17, 15) is 0 Å². The summed E-state index contributed by atoms with van der Waals surface area (Å²) >= 11 is 0. The van der Waals surface area contributed by atoms with Crippen LogP contribution in [0.2, 0.25) is 0 Å². The van der Waals surface area contributed by atoms with Crippen molar-refractivity contribution in [2.45, 2.75) is 77.3 Å². The number of nitrogens with one attached hydrogen (secondary N) is 1. The first-order chi connectivity index (χ1) is 7.24. The zero-order valence-electron chi connectivity index (χ0n) is 10.5. The lowest BCUT2D eigenvalue weighted by Gasteiger charge is -2.34. The Hall–Kier alpha value is -0.0400. The van der Waals surface area contributed by atoms with E-state index in [2.05, 4.69) is 19.2 Å². The van der Waals surface area contributed by atoms with Crippen molar-refractivity contribution in [1.82, 2.24) is 5.32 Å². The second-order valence-electron chi connectivity index (χ2n) is 6.10. The molecule has 2 aliphatic carbocycles. The van der Waals surface area contributed by atoms with E-state index in [1.165, 1.54) is 51.4 Å². The minimum absolute atomic E-state index is 0.837. The van der Waals surface area contributed by atoms with Gasteiger partial charge in [0.1, 0.15) is 0 Å². The predicted octanol–water partition coefficient (Wildman–Crippen LogP) is 3.73. The van der Waals surface area contributed by atoms with Crippen LogP contribution < -0.4 is 5.32 Å². The molecule has 1 heteroatoms. The van der Waals surface area contributed by atoms with Gasteiger partial charge in [-0.25, -0.2) is 0 Å². The summed E-state index contributed by atoms with van der Waals surface area (Å²) in [6.45, 7) is 4.83. The summed E-state index contributed by atoms with van der Waals surface area (Å²) in [7, 11) is 0. The van der Waals surface area contributed by atoms with Gasteiger partial charge in [0.25, 0.3) is 0 Å². The maximum absolute atomic E-state index is 3.92. The molecule has 0 aromatic rings. The molecule has 88 valence electrons. The zero-order chi connectivity index (χ0) is 10.7. The van der Waals surface area contributed by atoms with E-state index in [4.69, 9.17) is 0 Å². The lowest BCUT2D eigenvalue weighted by molar-refractivity contribution is 0.232. The molecule has 0 radical (unpaired) electrons. The van der Waals surface area contributed by atoms with Gasteiger partial charge in [-0.3, -0.25) is 0 Å². The van der Waals surface area contributed by atoms with Crippen LogP contribution in [0.15, 0.2) is 0 Å². The molecule has 2 saturated carbocycles. The molecular formula is C14H27N. The Morgan fingerprint density at radius 1 is 0.733 bits per heavy atom. The molecule has 15 heavy (non-hydrogen) atoms. The fraction of sp³-hybridized carbons (Fsp3) is 1.00. The van der Waals surface area contributed by atoms with Crippen molar-refractivity contribution < 1.29 is 0 Å². The van der Waals surface area contributed by atoms with Gasteiger partial charge < -0.3 is 5.32 Å². The van der Waals surface area contributed by atoms with Crippen molar-refractivity contribution in [2.75, 3.05) is 0 Å². The monoisotopic (exact) mass is 209 g/mol. The van der Waals surface area contributed by atoms with Gasteiger partial charge in [-0.1, -0.05) is 39.5 Å². The molecular weight excluding hydrogens is 182 g/mol. The Morgan fingerprint density at radius 3 is 1.60 bits per heavy atom. The maximum atomic E-state index is 3.92. The Balaban J connectivity index is 1.75. The van der Waals surface area contributed by atoms with E-state index in [1.807, 2.05) is 0 Å². The molecule has 0 spiro atoms. The van der Waals surface area contributed by atoms with Gasteiger partial charge >= 0.3 is 0 Å². The Kier molecular flexibility index (Phi) is 4.07. The summed E-state index contributed by atoms with van der Waals surface area (Å²) in [5, 5.41) is 3.92. The number of hydrogen-bond donors (Lipinski definition) is 1. The van der Waals surface area contributed by atoms with Crippen molar-refractivity contribution in [3.05, 3.63) is 0 Å². The average Bonchev–Trinajstić information content (AvgIpc) is 2.17. The molecule has 2 aliphatic rings. The van der Waals surface area contributed by atoms with Gasteiger partial charge in [0.05, 0.1) is 0 Å². The first-order valence-electron chi connectivity index (χ1n) is 7.00. The highest BCUT2D eigenvalue weighted by molar-refractivity contribution is 4.82. The van der Waals surface area contributed by atoms with Crippen LogP contribution in [-0.2, 0) is 0 Å². The minimum atomic E-state index is 0.837. The van der Waals surface area contributed by atoms with Gasteiger partial charge in [-0.15, -0.1) is 0 Å². The molecule has 1 N–H and O–H groups in total. The molecule has 2 fully saturated rings. The zero-order valence-corrected chi connectivity index (χ0v) is 10.5. The van der Waals surface area contributed by atoms with Gasteiger partial charge in [0.15, 0.2) is 0 Å². The average molecular weight is 209 g/mol. The Labute approximate surface area is 95.0 Å². The second-order valence-corrected chi connectivity index (χ2v) is 6.10. The van der Waals surface area contributed by atoms with Crippen LogP contribution in [0.3, 0.4) is 0 Å². The lowest BCUT2D eigenvalue weighted by Crippen LogP contribution is -2.42. The molecule has 1 nitrogen and oxygen atoms in total. The van der Waals surface area contributed by atoms with E-state index < -0.39 is 0 Å². The molecule has 0 saturated heterocycles. The minimum Gasteiger partial charge on any atom is -0.311 e. The first-order valence-corrected chi connectivity index (χ1v) is 7.00. The summed E-state index contributed by atoms with van der Waals surface area (Å²) < 4.78 is 0. The van der Waals surface area contributed by atoms with Crippen molar-refractivity contribution >= 4 is 0 Å². The van der Waals surface area contributed by atoms with Crippen molar-refractivity contribution in [3.63, 3.8) is 0 Å². The van der Waals surface area contributed by atoms with Crippen LogP contribution in [0, 0.1) is 11.8 Å². The quantitative estimate of drug-likeness (QED) is 0.730. The molecule has 0 bridgehead atoms. The molecule has 0 amide bonds. The van der Waals surface area contributed by atoms with E-state index in [1.54, 1.807) is 0 Å². The van der Waals surface area contributed by atoms with Gasteiger partial charge in [0.2, 0.25) is 0 Å². The SMILES string of the molecule is C[C@@H]1CCC[C@@H](N[C@@H]2CCC[C@H](C)C2)C1. The van der Waals surface area contributed by atoms with Crippen LogP contribution in [0.5, 0.6) is 0 Å². The van der Waals surface area contributed by atoms with Crippen LogP contribution in [0.1, 0.15) is 65.2 Å². The smallest absolute Gasteiger partial charge is 0.00721 e. The van der Waals surface area contributed by atoms with Crippen molar-refractivity contribution in [1.29, 1.82) is 0 Å². The highest BCUT2D eigenvalue weighted by Gasteiger charge is 2.24. The highest BCUT2D eigenvalue weighted by atomic mass is 15.0. The summed E-state index contributed by atoms with van der Waals surface area (Å²) in [6, 6.07) is 1.67.